The summed E-state index contributed by atoms with van der Waals surface area (Å²) >= 11 is 0. The summed E-state index contributed by atoms with van der Waals surface area (Å²) in [5.41, 5.74) is 5.52. The molecule has 2 aromatic carbocycles. The number of amides is 2. The Bertz CT molecular complexity index is 1370. The lowest BCUT2D eigenvalue weighted by atomic mass is 10.1. The molecule has 4 aromatic rings. The van der Waals surface area contributed by atoms with Crippen molar-refractivity contribution in [2.24, 2.45) is 0 Å². The van der Waals surface area contributed by atoms with Crippen LogP contribution >= 0.6 is 0 Å². The van der Waals surface area contributed by atoms with Gasteiger partial charge in [0.25, 0.3) is 11.8 Å². The number of anilines is 2. The number of nitrogens with zero attached hydrogens (tertiary/aromatic N) is 4. The summed E-state index contributed by atoms with van der Waals surface area (Å²) < 4.78 is 11.1. The average Bonchev–Trinajstić information content (AvgIpc) is 3.61. The van der Waals surface area contributed by atoms with Gasteiger partial charge in [-0.25, -0.2) is 30.9 Å². The standard InChI is InChI=1S/2C13H12N4O3/c2*18-12(17-19)8-5-14-13(15-6-8)16-10-7-20-11-4-2-1-3-9(10)11/h2*1-6,10,19H,7H2,(H,17,18)(H,14,15,16). The molecule has 2 aromatic heterocycles. The van der Waals surface area contributed by atoms with Gasteiger partial charge >= 0.3 is 0 Å². The summed E-state index contributed by atoms with van der Waals surface area (Å²) in [5.74, 6) is 1.19. The van der Waals surface area contributed by atoms with Crippen LogP contribution in [0.15, 0.2) is 73.3 Å². The number of hydrogen-bond donors (Lipinski definition) is 6. The van der Waals surface area contributed by atoms with Crippen LogP contribution in [0.3, 0.4) is 0 Å². The lowest BCUT2D eigenvalue weighted by Gasteiger charge is -2.11. The first-order valence-electron chi connectivity index (χ1n) is 12.0. The van der Waals surface area contributed by atoms with E-state index in [1.807, 2.05) is 48.5 Å². The van der Waals surface area contributed by atoms with Gasteiger partial charge in [0.1, 0.15) is 24.7 Å². The normalized spacial score (nSPS) is 16.1. The molecule has 2 atom stereocenters. The van der Waals surface area contributed by atoms with E-state index in [-0.39, 0.29) is 23.2 Å². The maximum Gasteiger partial charge on any atom is 0.277 e. The molecule has 0 saturated carbocycles. The Hall–Kier alpha value is -5.34. The molecule has 14 heteroatoms. The summed E-state index contributed by atoms with van der Waals surface area (Å²) in [5, 5.41) is 23.3. The highest BCUT2D eigenvalue weighted by atomic mass is 16.5. The Morgan fingerprint density at radius 2 is 1.02 bits per heavy atom. The molecule has 2 aliphatic heterocycles. The number of ether oxygens (including phenoxy) is 2. The van der Waals surface area contributed by atoms with Gasteiger partial charge < -0.3 is 20.1 Å². The van der Waals surface area contributed by atoms with Gasteiger partial charge in [0, 0.05) is 35.9 Å². The Balaban J connectivity index is 0.000000161. The molecule has 204 valence electrons. The van der Waals surface area contributed by atoms with Crippen molar-refractivity contribution >= 4 is 23.7 Å². The second kappa shape index (κ2) is 12.0. The van der Waals surface area contributed by atoms with E-state index in [0.29, 0.717) is 25.1 Å². The van der Waals surface area contributed by atoms with Gasteiger partial charge in [-0.05, 0) is 12.1 Å². The molecule has 2 aliphatic rings. The fourth-order valence-corrected chi connectivity index (χ4v) is 4.04. The van der Waals surface area contributed by atoms with Crippen molar-refractivity contribution in [1.82, 2.24) is 30.9 Å². The maximum absolute atomic E-state index is 11.2. The molecule has 2 unspecified atom stereocenters. The quantitative estimate of drug-likeness (QED) is 0.153. The van der Waals surface area contributed by atoms with Crippen LogP contribution in [0.1, 0.15) is 43.9 Å². The van der Waals surface area contributed by atoms with Crippen molar-refractivity contribution in [1.29, 1.82) is 0 Å². The fourth-order valence-electron chi connectivity index (χ4n) is 4.04. The van der Waals surface area contributed by atoms with Gasteiger partial charge in [-0.3, -0.25) is 20.0 Å². The third kappa shape index (κ3) is 5.87. The number of para-hydroxylation sites is 2. The lowest BCUT2D eigenvalue weighted by molar-refractivity contribution is 0.0701. The molecule has 0 spiro atoms. The highest BCUT2D eigenvalue weighted by Crippen LogP contribution is 2.34. The zero-order chi connectivity index (χ0) is 27.9. The summed E-state index contributed by atoms with van der Waals surface area (Å²) in [6, 6.07) is 15.4. The molecule has 0 fully saturated rings. The van der Waals surface area contributed by atoms with Crippen LogP contribution in [0.5, 0.6) is 11.5 Å². The summed E-state index contributed by atoms with van der Waals surface area (Å²) in [6.45, 7) is 1.00. The van der Waals surface area contributed by atoms with Crippen molar-refractivity contribution in [3.8, 4) is 11.5 Å². The third-order valence-electron chi connectivity index (χ3n) is 6.04. The average molecular weight is 545 g/mol. The van der Waals surface area contributed by atoms with Gasteiger partial charge in [0.05, 0.1) is 23.2 Å². The highest BCUT2D eigenvalue weighted by Gasteiger charge is 2.25. The second-order valence-corrected chi connectivity index (χ2v) is 8.56. The van der Waals surface area contributed by atoms with Crippen LogP contribution in [0.4, 0.5) is 11.9 Å². The van der Waals surface area contributed by atoms with Gasteiger partial charge in [-0.2, -0.15) is 0 Å². The highest BCUT2D eigenvalue weighted by molar-refractivity contribution is 5.93. The van der Waals surface area contributed by atoms with Crippen molar-refractivity contribution in [2.75, 3.05) is 23.8 Å². The summed E-state index contributed by atoms with van der Waals surface area (Å²) in [4.78, 5) is 38.4. The second-order valence-electron chi connectivity index (χ2n) is 8.56. The molecule has 2 amide bonds. The van der Waals surface area contributed by atoms with Crippen molar-refractivity contribution in [2.45, 2.75) is 12.1 Å². The van der Waals surface area contributed by atoms with Crippen LogP contribution < -0.4 is 31.1 Å². The molecule has 6 N–H and O–H groups in total. The van der Waals surface area contributed by atoms with E-state index in [4.69, 9.17) is 19.9 Å². The monoisotopic (exact) mass is 544 g/mol. The predicted molar refractivity (Wildman–Crippen MR) is 139 cm³/mol. The van der Waals surface area contributed by atoms with Crippen LogP contribution in [-0.4, -0.2) is 55.4 Å². The molecule has 14 nitrogen and oxygen atoms in total. The van der Waals surface area contributed by atoms with Crippen LogP contribution in [0.2, 0.25) is 0 Å². The Morgan fingerprint density at radius 3 is 1.40 bits per heavy atom. The van der Waals surface area contributed by atoms with E-state index >= 15 is 0 Å². The third-order valence-corrected chi connectivity index (χ3v) is 6.04. The first kappa shape index (κ1) is 26.3. The molecule has 40 heavy (non-hydrogen) atoms. The Labute approximate surface area is 227 Å². The van der Waals surface area contributed by atoms with E-state index < -0.39 is 11.8 Å². The minimum atomic E-state index is -0.647. The van der Waals surface area contributed by atoms with E-state index in [9.17, 15) is 9.59 Å². The number of rotatable bonds is 6. The Kier molecular flexibility index (Phi) is 7.89. The fraction of sp³-hybridized carbons (Fsp3) is 0.154. The summed E-state index contributed by atoms with van der Waals surface area (Å²) in [7, 11) is 0. The van der Waals surface area contributed by atoms with Crippen LogP contribution in [-0.2, 0) is 0 Å². The number of hydroxylamine groups is 2. The number of benzene rings is 2. The molecule has 0 bridgehead atoms. The van der Waals surface area contributed by atoms with Gasteiger partial charge in [-0.1, -0.05) is 36.4 Å². The minimum absolute atomic E-state index is 0.0243. The zero-order valence-electron chi connectivity index (χ0n) is 20.8. The molecule has 0 aliphatic carbocycles. The lowest BCUT2D eigenvalue weighted by Crippen LogP contribution is -2.20. The minimum Gasteiger partial charge on any atom is -0.491 e. The number of hydrogen-bond acceptors (Lipinski definition) is 12. The van der Waals surface area contributed by atoms with Crippen LogP contribution in [0, 0.1) is 0 Å². The SMILES string of the molecule is O=C(NO)c1cnc(NC2COc3ccccc32)nc1.O=C(NO)c1cnc(NC2COc3ccccc32)nc1. The molecular weight excluding hydrogens is 520 g/mol. The number of nitrogens with one attached hydrogen (secondary N) is 4. The summed E-state index contributed by atoms with van der Waals surface area (Å²) in [6.07, 6.45) is 5.34. The maximum atomic E-state index is 11.2. The molecule has 0 radical (unpaired) electrons. The smallest absolute Gasteiger partial charge is 0.277 e. The zero-order valence-corrected chi connectivity index (χ0v) is 20.8. The number of fused-ring (bicyclic) bond motifs is 2. The van der Waals surface area contributed by atoms with E-state index in [0.717, 1.165) is 22.6 Å². The number of carbonyl (C=O) groups excluding carboxylic acids is 2. The van der Waals surface area contributed by atoms with Gasteiger partial charge in [0.2, 0.25) is 11.9 Å². The van der Waals surface area contributed by atoms with Crippen molar-refractivity contribution in [3.05, 3.63) is 95.6 Å². The van der Waals surface area contributed by atoms with E-state index in [1.54, 1.807) is 0 Å². The molecule has 4 heterocycles. The van der Waals surface area contributed by atoms with Crippen molar-refractivity contribution < 1.29 is 29.5 Å². The number of aromatic nitrogens is 4. The van der Waals surface area contributed by atoms with Gasteiger partial charge in [-0.15, -0.1) is 0 Å². The first-order valence-corrected chi connectivity index (χ1v) is 12.0. The number of carbonyl (C=O) groups is 2. The van der Waals surface area contributed by atoms with Gasteiger partial charge in [0.15, 0.2) is 0 Å². The first-order chi connectivity index (χ1) is 19.6. The van der Waals surface area contributed by atoms with Crippen LogP contribution in [0.25, 0.3) is 0 Å². The van der Waals surface area contributed by atoms with E-state index in [1.165, 1.54) is 35.7 Å². The molecule has 6 rings (SSSR count). The van der Waals surface area contributed by atoms with E-state index in [2.05, 4.69) is 30.6 Å². The topological polar surface area (TPSA) is 193 Å². The predicted octanol–water partition coefficient (Wildman–Crippen LogP) is 2.28. The van der Waals surface area contributed by atoms with Crippen molar-refractivity contribution in [3.63, 3.8) is 0 Å². The Morgan fingerprint density at radius 1 is 0.650 bits per heavy atom. The molecular formula is C26H24N8O6. The molecule has 0 saturated heterocycles. The largest absolute Gasteiger partial charge is 0.491 e.